The lowest BCUT2D eigenvalue weighted by Crippen LogP contribution is -2.43. The second kappa shape index (κ2) is 6.11. The number of ether oxygens (including phenoxy) is 1. The number of likely N-dealkylation sites (tertiary alicyclic amines) is 1. The van der Waals surface area contributed by atoms with Gasteiger partial charge in [0.15, 0.2) is 0 Å². The van der Waals surface area contributed by atoms with E-state index in [4.69, 9.17) is 9.72 Å². The summed E-state index contributed by atoms with van der Waals surface area (Å²) in [6.45, 7) is 2.99. The first-order valence-corrected chi connectivity index (χ1v) is 8.85. The van der Waals surface area contributed by atoms with Gasteiger partial charge in [-0.2, -0.15) is 0 Å². The van der Waals surface area contributed by atoms with Crippen molar-refractivity contribution in [3.8, 4) is 5.88 Å². The number of carbonyl (C=O) groups is 1. The summed E-state index contributed by atoms with van der Waals surface area (Å²) in [4.78, 5) is 21.2. The zero-order chi connectivity index (χ0) is 15.8. The smallest absolute Gasteiger partial charge is 0.223 e. The van der Waals surface area contributed by atoms with Crippen molar-refractivity contribution < 1.29 is 9.53 Å². The highest BCUT2D eigenvalue weighted by Gasteiger charge is 2.34. The molecule has 2 saturated heterocycles. The Balaban J connectivity index is 1.49. The zero-order valence-electron chi connectivity index (χ0n) is 13.8. The molecule has 0 bridgehead atoms. The van der Waals surface area contributed by atoms with Crippen LogP contribution in [0, 0.1) is 0 Å². The molecule has 0 radical (unpaired) electrons. The van der Waals surface area contributed by atoms with E-state index in [0.717, 1.165) is 63.3 Å². The van der Waals surface area contributed by atoms with Crippen LogP contribution in [0.2, 0.25) is 0 Å². The molecule has 23 heavy (non-hydrogen) atoms. The maximum Gasteiger partial charge on any atom is 0.223 e. The van der Waals surface area contributed by atoms with Crippen molar-refractivity contribution in [1.82, 2.24) is 14.8 Å². The van der Waals surface area contributed by atoms with Crippen LogP contribution in [0.5, 0.6) is 5.88 Å². The number of aromatic nitrogens is 1. The first kappa shape index (κ1) is 14.9. The Labute approximate surface area is 137 Å². The number of amides is 1. The molecule has 1 aromatic heterocycles. The molecule has 0 aromatic carbocycles. The summed E-state index contributed by atoms with van der Waals surface area (Å²) < 4.78 is 6.11. The lowest BCUT2D eigenvalue weighted by Gasteiger charge is -2.40. The molecule has 3 aliphatic heterocycles. The van der Waals surface area contributed by atoms with Crippen LogP contribution >= 0.6 is 0 Å². The van der Waals surface area contributed by atoms with Crippen molar-refractivity contribution in [2.45, 2.75) is 50.7 Å². The van der Waals surface area contributed by atoms with Gasteiger partial charge < -0.3 is 14.5 Å². The van der Waals surface area contributed by atoms with Gasteiger partial charge >= 0.3 is 0 Å². The normalized spacial score (nSPS) is 25.9. The Bertz CT molecular complexity index is 596. The van der Waals surface area contributed by atoms with E-state index in [1.54, 1.807) is 0 Å². The van der Waals surface area contributed by atoms with Gasteiger partial charge in [0.2, 0.25) is 11.8 Å². The molecule has 1 amide bonds. The fourth-order valence-corrected chi connectivity index (χ4v) is 4.09. The van der Waals surface area contributed by atoms with Crippen LogP contribution in [-0.4, -0.2) is 53.5 Å². The minimum Gasteiger partial charge on any atom is -0.474 e. The van der Waals surface area contributed by atoms with Crippen LogP contribution in [0.1, 0.15) is 49.4 Å². The minimum absolute atomic E-state index is 0.241. The quantitative estimate of drug-likeness (QED) is 0.839. The Morgan fingerprint density at radius 3 is 2.78 bits per heavy atom. The standard InChI is InChI=1S/C18H25N3O2/c1-20-10-7-13(8-11-20)23-17-6-5-14-15(19-17)9-12-21-16(14)3-2-4-18(21)22/h5-6,13,16H,2-4,7-12H2,1H3. The predicted molar refractivity (Wildman–Crippen MR) is 87.4 cm³/mol. The highest BCUT2D eigenvalue weighted by molar-refractivity contribution is 5.78. The summed E-state index contributed by atoms with van der Waals surface area (Å²) in [5.74, 6) is 1.06. The van der Waals surface area contributed by atoms with Gasteiger partial charge in [0.1, 0.15) is 6.10 Å². The first-order valence-electron chi connectivity index (χ1n) is 8.85. The van der Waals surface area contributed by atoms with Crippen molar-refractivity contribution in [3.63, 3.8) is 0 Å². The lowest BCUT2D eigenvalue weighted by molar-refractivity contribution is -0.137. The molecule has 5 nitrogen and oxygen atoms in total. The van der Waals surface area contributed by atoms with Crippen molar-refractivity contribution in [3.05, 3.63) is 23.4 Å². The third kappa shape index (κ3) is 2.94. The molecular weight excluding hydrogens is 290 g/mol. The molecule has 0 N–H and O–H groups in total. The summed E-state index contributed by atoms with van der Waals surface area (Å²) in [7, 11) is 2.16. The fraction of sp³-hybridized carbons (Fsp3) is 0.667. The van der Waals surface area contributed by atoms with Gasteiger partial charge in [-0.3, -0.25) is 4.79 Å². The molecule has 1 atom stereocenters. The molecule has 1 unspecified atom stereocenters. The molecule has 1 aromatic rings. The first-order chi connectivity index (χ1) is 11.2. The maximum absolute atomic E-state index is 12.1. The number of pyridine rings is 1. The molecule has 0 spiro atoms. The van der Waals surface area contributed by atoms with Crippen molar-refractivity contribution in [2.24, 2.45) is 0 Å². The Hall–Kier alpha value is -1.62. The number of nitrogens with zero attached hydrogens (tertiary/aromatic N) is 3. The molecule has 4 heterocycles. The third-order valence-corrected chi connectivity index (χ3v) is 5.45. The highest BCUT2D eigenvalue weighted by Crippen LogP contribution is 2.37. The van der Waals surface area contributed by atoms with Gasteiger partial charge in [-0.05, 0) is 44.4 Å². The second-order valence-electron chi connectivity index (χ2n) is 7.05. The van der Waals surface area contributed by atoms with E-state index >= 15 is 0 Å². The van der Waals surface area contributed by atoms with E-state index in [1.165, 1.54) is 5.56 Å². The fourth-order valence-electron chi connectivity index (χ4n) is 4.09. The van der Waals surface area contributed by atoms with Crippen LogP contribution in [0.3, 0.4) is 0 Å². The van der Waals surface area contributed by atoms with Crippen LogP contribution in [0.4, 0.5) is 0 Å². The van der Waals surface area contributed by atoms with Crippen LogP contribution in [-0.2, 0) is 11.2 Å². The molecular formula is C18H25N3O2. The minimum atomic E-state index is 0.241. The van der Waals surface area contributed by atoms with E-state index in [-0.39, 0.29) is 12.1 Å². The molecule has 2 fully saturated rings. The maximum atomic E-state index is 12.1. The highest BCUT2D eigenvalue weighted by atomic mass is 16.5. The van der Waals surface area contributed by atoms with E-state index in [1.807, 2.05) is 11.0 Å². The van der Waals surface area contributed by atoms with E-state index in [9.17, 15) is 4.79 Å². The van der Waals surface area contributed by atoms with Gasteiger partial charge in [-0.25, -0.2) is 4.98 Å². The summed E-state index contributed by atoms with van der Waals surface area (Å²) in [6, 6.07) is 4.38. The van der Waals surface area contributed by atoms with Crippen molar-refractivity contribution in [2.75, 3.05) is 26.7 Å². The van der Waals surface area contributed by atoms with E-state index in [2.05, 4.69) is 18.0 Å². The Kier molecular flexibility index (Phi) is 3.97. The molecule has 0 aliphatic carbocycles. The van der Waals surface area contributed by atoms with Crippen molar-refractivity contribution >= 4 is 5.91 Å². The van der Waals surface area contributed by atoms with Gasteiger partial charge in [0.25, 0.3) is 0 Å². The Morgan fingerprint density at radius 2 is 1.96 bits per heavy atom. The summed E-state index contributed by atoms with van der Waals surface area (Å²) >= 11 is 0. The van der Waals surface area contributed by atoms with Crippen LogP contribution in [0.25, 0.3) is 0 Å². The SMILES string of the molecule is CN1CCC(Oc2ccc3c(n2)CCN2C(=O)CCCC32)CC1. The lowest BCUT2D eigenvalue weighted by atomic mass is 9.89. The number of hydrogen-bond acceptors (Lipinski definition) is 4. The monoisotopic (exact) mass is 315 g/mol. The third-order valence-electron chi connectivity index (χ3n) is 5.45. The molecule has 0 saturated carbocycles. The molecule has 4 rings (SSSR count). The Morgan fingerprint density at radius 1 is 1.13 bits per heavy atom. The number of fused-ring (bicyclic) bond motifs is 3. The largest absolute Gasteiger partial charge is 0.474 e. The summed E-state index contributed by atoms with van der Waals surface area (Å²) in [6.07, 6.45) is 6.04. The molecule has 5 heteroatoms. The number of carbonyl (C=O) groups excluding carboxylic acids is 1. The predicted octanol–water partition coefficient (Wildman–Crippen LogP) is 2.16. The van der Waals surface area contributed by atoms with E-state index < -0.39 is 0 Å². The zero-order valence-corrected chi connectivity index (χ0v) is 13.8. The van der Waals surface area contributed by atoms with Gasteiger partial charge in [0, 0.05) is 38.5 Å². The number of rotatable bonds is 2. The van der Waals surface area contributed by atoms with E-state index in [0.29, 0.717) is 12.3 Å². The number of piperidine rings is 2. The van der Waals surface area contributed by atoms with Gasteiger partial charge in [-0.1, -0.05) is 0 Å². The average Bonchev–Trinajstić information content (AvgIpc) is 2.57. The van der Waals surface area contributed by atoms with Crippen molar-refractivity contribution in [1.29, 1.82) is 0 Å². The number of hydrogen-bond donors (Lipinski definition) is 0. The molecule has 3 aliphatic rings. The second-order valence-corrected chi connectivity index (χ2v) is 7.05. The average molecular weight is 315 g/mol. The summed E-state index contributed by atoms with van der Waals surface area (Å²) in [5, 5.41) is 0. The summed E-state index contributed by atoms with van der Waals surface area (Å²) in [5.41, 5.74) is 2.37. The van der Waals surface area contributed by atoms with Gasteiger partial charge in [0.05, 0.1) is 11.7 Å². The molecule has 124 valence electrons. The van der Waals surface area contributed by atoms with Gasteiger partial charge in [-0.15, -0.1) is 0 Å². The van der Waals surface area contributed by atoms with Crippen LogP contribution in [0.15, 0.2) is 12.1 Å². The topological polar surface area (TPSA) is 45.7 Å². The van der Waals surface area contributed by atoms with Crippen LogP contribution < -0.4 is 4.74 Å².